The molecular formula is C16H12F3N2O4-. The van der Waals surface area contributed by atoms with E-state index < -0.39 is 40.6 Å². The zero-order chi connectivity index (χ0) is 18.4. The van der Waals surface area contributed by atoms with Gasteiger partial charge in [0.05, 0.1) is 23.1 Å². The number of rotatable bonds is 2. The number of aromatic amines is 1. The lowest BCUT2D eigenvalue weighted by molar-refractivity contribution is -0.255. The van der Waals surface area contributed by atoms with Gasteiger partial charge in [0.15, 0.2) is 0 Å². The standard InChI is InChI=1S/C16H13F3N2O4/c17-16(18,19)11-5-1-4-9-8(11)3-2-6-12(9)21-13(22)10(14(23)24)7-20-15(21)25/h1,4-5,7,12H,2-3,6H2,(H,20,25)(H,23,24)/p-1. The van der Waals surface area contributed by atoms with E-state index in [4.69, 9.17) is 0 Å². The van der Waals surface area contributed by atoms with Crippen LogP contribution < -0.4 is 16.4 Å². The molecule has 1 aliphatic carbocycles. The number of carboxylic acid groups (broad SMARTS) is 1. The lowest BCUT2D eigenvalue weighted by Gasteiger charge is -2.29. The molecule has 1 N–H and O–H groups in total. The van der Waals surface area contributed by atoms with Crippen LogP contribution in [0.1, 0.15) is 45.9 Å². The molecule has 0 amide bonds. The molecule has 0 aliphatic heterocycles. The van der Waals surface area contributed by atoms with Crippen LogP contribution in [0.2, 0.25) is 0 Å². The van der Waals surface area contributed by atoms with Crippen LogP contribution in [-0.2, 0) is 12.6 Å². The first-order chi connectivity index (χ1) is 11.7. The Morgan fingerprint density at radius 1 is 1.28 bits per heavy atom. The molecule has 0 spiro atoms. The van der Waals surface area contributed by atoms with Crippen molar-refractivity contribution in [2.24, 2.45) is 0 Å². The summed E-state index contributed by atoms with van der Waals surface area (Å²) >= 11 is 0. The minimum atomic E-state index is -4.56. The zero-order valence-electron chi connectivity index (χ0n) is 12.7. The summed E-state index contributed by atoms with van der Waals surface area (Å²) in [6.07, 6.45) is -3.10. The molecule has 1 atom stereocenters. The summed E-state index contributed by atoms with van der Waals surface area (Å²) in [5, 5.41) is 11.0. The number of halogens is 3. The molecule has 1 unspecified atom stereocenters. The minimum Gasteiger partial charge on any atom is -0.545 e. The molecule has 25 heavy (non-hydrogen) atoms. The first kappa shape index (κ1) is 17.0. The summed E-state index contributed by atoms with van der Waals surface area (Å²) in [5.41, 5.74) is -3.32. The van der Waals surface area contributed by atoms with E-state index in [9.17, 15) is 32.7 Å². The number of hydrogen-bond donors (Lipinski definition) is 1. The van der Waals surface area contributed by atoms with Gasteiger partial charge in [0.25, 0.3) is 5.56 Å². The van der Waals surface area contributed by atoms with E-state index in [-0.39, 0.29) is 24.0 Å². The molecular weight excluding hydrogens is 341 g/mol. The van der Waals surface area contributed by atoms with E-state index >= 15 is 0 Å². The van der Waals surface area contributed by atoms with E-state index in [0.717, 1.165) is 12.3 Å². The van der Waals surface area contributed by atoms with E-state index in [0.29, 0.717) is 11.0 Å². The lowest BCUT2D eigenvalue weighted by atomic mass is 9.84. The molecule has 0 radical (unpaired) electrons. The predicted molar refractivity (Wildman–Crippen MR) is 78.2 cm³/mol. The number of fused-ring (bicyclic) bond motifs is 1. The van der Waals surface area contributed by atoms with Gasteiger partial charge in [-0.05, 0) is 36.5 Å². The van der Waals surface area contributed by atoms with Gasteiger partial charge in [-0.2, -0.15) is 13.2 Å². The van der Waals surface area contributed by atoms with Crippen LogP contribution in [0.4, 0.5) is 13.2 Å². The summed E-state index contributed by atoms with van der Waals surface area (Å²) < 4.78 is 40.3. The summed E-state index contributed by atoms with van der Waals surface area (Å²) in [6, 6.07) is 2.61. The Balaban J connectivity index is 2.25. The SMILES string of the molecule is O=C([O-])c1c[nH]c(=O)n(C2CCCc3c2cccc3C(F)(F)F)c1=O. The van der Waals surface area contributed by atoms with Crippen molar-refractivity contribution in [3.63, 3.8) is 0 Å². The van der Waals surface area contributed by atoms with Crippen molar-refractivity contribution in [2.45, 2.75) is 31.5 Å². The molecule has 0 saturated heterocycles. The number of carbonyl (C=O) groups is 1. The Bertz CT molecular complexity index is 959. The Labute approximate surface area is 138 Å². The second-order valence-corrected chi connectivity index (χ2v) is 5.75. The lowest BCUT2D eigenvalue weighted by Crippen LogP contribution is -2.44. The van der Waals surface area contributed by atoms with Gasteiger partial charge in [-0.25, -0.2) is 4.79 Å². The molecule has 1 heterocycles. The van der Waals surface area contributed by atoms with Gasteiger partial charge < -0.3 is 14.9 Å². The van der Waals surface area contributed by atoms with Crippen molar-refractivity contribution in [3.8, 4) is 0 Å². The molecule has 2 aromatic rings. The third kappa shape index (κ3) is 2.86. The Morgan fingerprint density at radius 2 is 2.00 bits per heavy atom. The molecule has 0 saturated carbocycles. The topological polar surface area (TPSA) is 95.0 Å². The van der Waals surface area contributed by atoms with Crippen molar-refractivity contribution in [1.82, 2.24) is 9.55 Å². The highest BCUT2D eigenvalue weighted by Crippen LogP contribution is 2.39. The number of carboxylic acids is 1. The van der Waals surface area contributed by atoms with E-state index in [1.807, 2.05) is 0 Å². The average molecular weight is 353 g/mol. The Kier molecular flexibility index (Phi) is 4.02. The van der Waals surface area contributed by atoms with Gasteiger partial charge in [0.1, 0.15) is 0 Å². The van der Waals surface area contributed by atoms with E-state index in [2.05, 4.69) is 4.98 Å². The van der Waals surface area contributed by atoms with Gasteiger partial charge in [-0.15, -0.1) is 0 Å². The normalized spacial score (nSPS) is 17.2. The number of hydrogen-bond acceptors (Lipinski definition) is 4. The van der Waals surface area contributed by atoms with Crippen LogP contribution >= 0.6 is 0 Å². The van der Waals surface area contributed by atoms with Crippen molar-refractivity contribution in [1.29, 1.82) is 0 Å². The molecule has 132 valence electrons. The van der Waals surface area contributed by atoms with E-state index in [1.54, 1.807) is 0 Å². The molecule has 6 nitrogen and oxygen atoms in total. The van der Waals surface area contributed by atoms with Crippen molar-refractivity contribution in [2.75, 3.05) is 0 Å². The largest absolute Gasteiger partial charge is 0.545 e. The molecule has 0 bridgehead atoms. The fraction of sp³-hybridized carbons (Fsp3) is 0.312. The number of carbonyl (C=O) groups excluding carboxylic acids is 1. The minimum absolute atomic E-state index is 0.0244. The second-order valence-electron chi connectivity index (χ2n) is 5.75. The van der Waals surface area contributed by atoms with Gasteiger partial charge >= 0.3 is 11.9 Å². The summed E-state index contributed by atoms with van der Waals surface area (Å²) in [4.78, 5) is 37.5. The number of aromatic carboxylic acids is 1. The second kappa shape index (κ2) is 5.91. The number of nitrogens with one attached hydrogen (secondary N) is 1. The number of H-pyrrole nitrogens is 1. The van der Waals surface area contributed by atoms with Gasteiger partial charge in [-0.3, -0.25) is 9.36 Å². The van der Waals surface area contributed by atoms with Gasteiger partial charge in [0, 0.05) is 6.20 Å². The van der Waals surface area contributed by atoms with Crippen molar-refractivity contribution >= 4 is 5.97 Å². The molecule has 1 aliphatic rings. The highest BCUT2D eigenvalue weighted by molar-refractivity contribution is 5.84. The molecule has 9 heteroatoms. The molecule has 1 aromatic carbocycles. The maximum absolute atomic E-state index is 13.2. The van der Waals surface area contributed by atoms with E-state index in [1.165, 1.54) is 12.1 Å². The quantitative estimate of drug-likeness (QED) is 0.866. The predicted octanol–water partition coefficient (Wildman–Crippen LogP) is 0.845. The molecule has 3 rings (SSSR count). The maximum Gasteiger partial charge on any atom is 0.416 e. The molecule has 1 aromatic heterocycles. The summed E-state index contributed by atoms with van der Waals surface area (Å²) in [5.74, 6) is -1.77. The van der Waals surface area contributed by atoms with Crippen LogP contribution in [0, 0.1) is 0 Å². The van der Waals surface area contributed by atoms with Crippen LogP contribution in [0.15, 0.2) is 34.0 Å². The highest BCUT2D eigenvalue weighted by atomic mass is 19.4. The van der Waals surface area contributed by atoms with Crippen LogP contribution in [0.3, 0.4) is 0 Å². The number of nitrogens with zero attached hydrogens (tertiary/aromatic N) is 1. The number of alkyl halides is 3. The third-order valence-corrected chi connectivity index (χ3v) is 4.32. The van der Waals surface area contributed by atoms with Crippen LogP contribution in [-0.4, -0.2) is 15.5 Å². The monoisotopic (exact) mass is 353 g/mol. The third-order valence-electron chi connectivity index (χ3n) is 4.32. The Morgan fingerprint density at radius 3 is 2.64 bits per heavy atom. The highest BCUT2D eigenvalue weighted by Gasteiger charge is 2.36. The number of aromatic nitrogens is 2. The van der Waals surface area contributed by atoms with Crippen molar-refractivity contribution in [3.05, 3.63) is 67.5 Å². The first-order valence-electron chi connectivity index (χ1n) is 7.46. The van der Waals surface area contributed by atoms with Gasteiger partial charge in [-0.1, -0.05) is 12.1 Å². The van der Waals surface area contributed by atoms with Crippen molar-refractivity contribution < 1.29 is 23.1 Å². The summed E-state index contributed by atoms with van der Waals surface area (Å²) in [7, 11) is 0. The Hall–Kier alpha value is -2.84. The molecule has 0 fully saturated rings. The van der Waals surface area contributed by atoms with Crippen LogP contribution in [0.25, 0.3) is 0 Å². The first-order valence-corrected chi connectivity index (χ1v) is 7.46. The van der Waals surface area contributed by atoms with Gasteiger partial charge in [0.2, 0.25) is 0 Å². The van der Waals surface area contributed by atoms with Crippen LogP contribution in [0.5, 0.6) is 0 Å². The number of benzene rings is 1. The summed E-state index contributed by atoms with van der Waals surface area (Å²) in [6.45, 7) is 0. The fourth-order valence-corrected chi connectivity index (χ4v) is 3.27. The maximum atomic E-state index is 13.2. The average Bonchev–Trinajstić information content (AvgIpc) is 2.53. The zero-order valence-corrected chi connectivity index (χ0v) is 12.7. The smallest absolute Gasteiger partial charge is 0.416 e. The fourth-order valence-electron chi connectivity index (χ4n) is 3.27.